The maximum absolute atomic E-state index is 13.3. The Morgan fingerprint density at radius 1 is 1.05 bits per heavy atom. The monoisotopic (exact) mass is 584 g/mol. The van der Waals surface area contributed by atoms with Gasteiger partial charge in [0.25, 0.3) is 5.56 Å². The maximum Gasteiger partial charge on any atom is 0.278 e. The molecule has 0 spiro atoms. The number of piperazine rings is 1. The number of aromatic nitrogens is 5. The Labute approximate surface area is 251 Å². The molecule has 1 saturated heterocycles. The molecule has 2 fully saturated rings. The van der Waals surface area contributed by atoms with Gasteiger partial charge in [0.2, 0.25) is 5.95 Å². The second-order valence-corrected chi connectivity index (χ2v) is 12.0. The third-order valence-corrected chi connectivity index (χ3v) is 8.52. The van der Waals surface area contributed by atoms with Crippen molar-refractivity contribution in [2.75, 3.05) is 36.4 Å². The molecule has 3 N–H and O–H groups in total. The minimum absolute atomic E-state index is 0.198. The van der Waals surface area contributed by atoms with Crippen LogP contribution in [0.1, 0.15) is 45.2 Å². The van der Waals surface area contributed by atoms with Crippen LogP contribution in [0.25, 0.3) is 16.9 Å². The fourth-order valence-corrected chi connectivity index (χ4v) is 6.20. The molecular formula is C32H40N8O3. The van der Waals surface area contributed by atoms with Crippen LogP contribution in [0.2, 0.25) is 0 Å². The van der Waals surface area contributed by atoms with Crippen LogP contribution >= 0.6 is 0 Å². The Morgan fingerprint density at radius 3 is 2.49 bits per heavy atom. The van der Waals surface area contributed by atoms with Crippen molar-refractivity contribution in [2.24, 2.45) is 0 Å². The van der Waals surface area contributed by atoms with Crippen LogP contribution in [-0.4, -0.2) is 77.8 Å². The van der Waals surface area contributed by atoms with Gasteiger partial charge in [-0.15, -0.1) is 6.58 Å². The van der Waals surface area contributed by atoms with E-state index in [1.54, 1.807) is 42.8 Å². The van der Waals surface area contributed by atoms with Gasteiger partial charge in [-0.3, -0.25) is 9.69 Å². The number of rotatable bonds is 8. The fourth-order valence-electron chi connectivity index (χ4n) is 6.20. The van der Waals surface area contributed by atoms with Crippen molar-refractivity contribution in [2.45, 2.75) is 63.8 Å². The number of aliphatic hydroxyl groups excluding tert-OH is 1. The second-order valence-electron chi connectivity index (χ2n) is 12.0. The molecule has 0 amide bonds. The summed E-state index contributed by atoms with van der Waals surface area (Å²) in [7, 11) is 0. The zero-order valence-electron chi connectivity index (χ0n) is 24.9. The van der Waals surface area contributed by atoms with E-state index in [1.807, 2.05) is 12.1 Å². The Hall–Kier alpha value is -4.06. The molecule has 2 atom stereocenters. The summed E-state index contributed by atoms with van der Waals surface area (Å²) >= 11 is 0. The van der Waals surface area contributed by atoms with Crippen molar-refractivity contribution >= 4 is 28.4 Å². The number of aliphatic hydroxyl groups is 2. The van der Waals surface area contributed by atoms with Crippen LogP contribution in [0.4, 0.5) is 17.3 Å². The van der Waals surface area contributed by atoms with Crippen molar-refractivity contribution in [3.8, 4) is 5.82 Å². The van der Waals surface area contributed by atoms with Crippen LogP contribution in [0.15, 0.2) is 66.1 Å². The van der Waals surface area contributed by atoms with E-state index < -0.39 is 5.60 Å². The lowest BCUT2D eigenvalue weighted by atomic mass is 9.91. The molecule has 4 heterocycles. The minimum Gasteiger partial charge on any atom is -0.391 e. The van der Waals surface area contributed by atoms with E-state index in [2.05, 4.69) is 43.8 Å². The fraction of sp³-hybridized carbons (Fsp3) is 0.438. The lowest BCUT2D eigenvalue weighted by Gasteiger charge is -2.43. The van der Waals surface area contributed by atoms with Crippen molar-refractivity contribution in [3.63, 3.8) is 0 Å². The van der Waals surface area contributed by atoms with Gasteiger partial charge in [0, 0.05) is 49.8 Å². The highest BCUT2D eigenvalue weighted by molar-refractivity contribution is 5.77. The summed E-state index contributed by atoms with van der Waals surface area (Å²) in [5.41, 5.74) is 1.46. The molecule has 2 aliphatic rings. The zero-order chi connectivity index (χ0) is 30.1. The highest BCUT2D eigenvalue weighted by atomic mass is 16.3. The third kappa shape index (κ3) is 5.93. The van der Waals surface area contributed by atoms with Crippen LogP contribution in [-0.2, 0) is 12.1 Å². The molecule has 1 aromatic carbocycles. The lowest BCUT2D eigenvalue weighted by Crippen LogP contribution is -2.54. The van der Waals surface area contributed by atoms with Gasteiger partial charge < -0.3 is 20.4 Å². The van der Waals surface area contributed by atoms with Crippen LogP contribution < -0.4 is 15.8 Å². The number of pyridine rings is 1. The molecule has 43 heavy (non-hydrogen) atoms. The third-order valence-electron chi connectivity index (χ3n) is 8.52. The summed E-state index contributed by atoms with van der Waals surface area (Å²) in [4.78, 5) is 31.9. The van der Waals surface area contributed by atoms with Gasteiger partial charge in [-0.25, -0.2) is 19.3 Å². The smallest absolute Gasteiger partial charge is 0.278 e. The molecule has 11 heteroatoms. The highest BCUT2D eigenvalue weighted by Crippen LogP contribution is 2.27. The Balaban J connectivity index is 1.21. The molecule has 11 nitrogen and oxygen atoms in total. The molecule has 0 radical (unpaired) electrons. The number of allylic oxidation sites excluding steroid dienone is 1. The van der Waals surface area contributed by atoms with Gasteiger partial charge >= 0.3 is 0 Å². The molecule has 226 valence electrons. The van der Waals surface area contributed by atoms with E-state index >= 15 is 0 Å². The summed E-state index contributed by atoms with van der Waals surface area (Å²) in [6.07, 6.45) is 7.32. The Morgan fingerprint density at radius 2 is 1.79 bits per heavy atom. The number of anilines is 3. The molecule has 1 saturated carbocycles. The van der Waals surface area contributed by atoms with E-state index in [1.165, 1.54) is 17.3 Å². The van der Waals surface area contributed by atoms with Gasteiger partial charge in [0.1, 0.15) is 11.0 Å². The predicted molar refractivity (Wildman–Crippen MR) is 168 cm³/mol. The highest BCUT2D eigenvalue weighted by Gasteiger charge is 2.31. The SMILES string of the molecule is C=CCn1c(=O)c2cnc(Nc3ccc(N4CCN(C5CCCCC5O)CC4)cc3)nc2n1-c1cccc(C(C)(C)O)n1. The first-order valence-electron chi connectivity index (χ1n) is 15.1. The number of hydrogen-bond acceptors (Lipinski definition) is 9. The van der Waals surface area contributed by atoms with Gasteiger partial charge in [0.15, 0.2) is 11.5 Å². The molecule has 0 bridgehead atoms. The molecular weight excluding hydrogens is 544 g/mol. The topological polar surface area (TPSA) is 125 Å². The Kier molecular flexibility index (Phi) is 8.04. The van der Waals surface area contributed by atoms with Crippen molar-refractivity contribution in [1.29, 1.82) is 0 Å². The number of nitrogens with zero attached hydrogens (tertiary/aromatic N) is 7. The standard InChI is InChI=1S/C32H40N8O3/c1-4-16-39-30(42)24-21-33-31(36-29(24)40(39)28-11-7-10-27(35-28)32(2,3)43)34-22-12-14-23(15-13-22)37-17-19-38(20-18-37)25-8-5-6-9-26(25)41/h4,7,10-15,21,25-26,41,43H,1,5-6,8-9,16-20H2,2-3H3,(H,33,34,36). The normalized spacial score (nSPS) is 20.0. The molecule has 4 aromatic rings. The molecule has 2 unspecified atom stereocenters. The van der Waals surface area contributed by atoms with Gasteiger partial charge in [-0.1, -0.05) is 25.0 Å². The first-order valence-corrected chi connectivity index (χ1v) is 15.1. The van der Waals surface area contributed by atoms with Crippen molar-refractivity contribution < 1.29 is 10.2 Å². The van der Waals surface area contributed by atoms with Crippen molar-refractivity contribution in [1.82, 2.24) is 29.2 Å². The molecule has 3 aromatic heterocycles. The number of benzene rings is 1. The van der Waals surface area contributed by atoms with Gasteiger partial charge in [-0.05, 0) is 63.1 Å². The van der Waals surface area contributed by atoms with Gasteiger partial charge in [-0.2, -0.15) is 4.98 Å². The first kappa shape index (κ1) is 29.0. The van der Waals surface area contributed by atoms with Gasteiger partial charge in [0.05, 0.1) is 18.3 Å². The summed E-state index contributed by atoms with van der Waals surface area (Å²) < 4.78 is 3.16. The van der Waals surface area contributed by atoms with E-state index in [9.17, 15) is 15.0 Å². The van der Waals surface area contributed by atoms with Crippen LogP contribution in [0, 0.1) is 0 Å². The average Bonchev–Trinajstić information content (AvgIpc) is 3.28. The number of nitrogens with one attached hydrogen (secondary N) is 1. The molecule has 6 rings (SSSR count). The molecule has 1 aliphatic carbocycles. The van der Waals surface area contributed by atoms with E-state index in [4.69, 9.17) is 4.98 Å². The summed E-state index contributed by atoms with van der Waals surface area (Å²) in [5.74, 6) is 0.809. The lowest BCUT2D eigenvalue weighted by molar-refractivity contribution is 0.0173. The van der Waals surface area contributed by atoms with Crippen LogP contribution in [0.5, 0.6) is 0 Å². The largest absolute Gasteiger partial charge is 0.391 e. The summed E-state index contributed by atoms with van der Waals surface area (Å²) in [6.45, 7) is 11.2. The quantitative estimate of drug-likeness (QED) is 0.267. The molecule has 1 aliphatic heterocycles. The predicted octanol–water partition coefficient (Wildman–Crippen LogP) is 3.56. The summed E-state index contributed by atoms with van der Waals surface area (Å²) in [6, 6.07) is 13.8. The van der Waals surface area contributed by atoms with Crippen molar-refractivity contribution in [3.05, 3.63) is 77.4 Å². The maximum atomic E-state index is 13.3. The Bertz CT molecular complexity index is 1650. The van der Waals surface area contributed by atoms with E-state index in [0.717, 1.165) is 56.8 Å². The number of hydrogen-bond donors (Lipinski definition) is 3. The minimum atomic E-state index is -1.15. The average molecular weight is 585 g/mol. The van der Waals surface area contributed by atoms with E-state index in [0.29, 0.717) is 34.5 Å². The van der Waals surface area contributed by atoms with E-state index in [-0.39, 0.29) is 18.2 Å². The van der Waals surface area contributed by atoms with Crippen LogP contribution in [0.3, 0.4) is 0 Å². The second kappa shape index (κ2) is 11.9. The first-order chi connectivity index (χ1) is 20.7. The zero-order valence-corrected chi connectivity index (χ0v) is 24.9. The summed E-state index contributed by atoms with van der Waals surface area (Å²) in [5, 5.41) is 24.6. The number of fused-ring (bicyclic) bond motifs is 1.